The number of hydrogen-bond acceptors (Lipinski definition) is 4. The molecule has 1 aliphatic heterocycles. The van der Waals surface area contributed by atoms with Crippen LogP contribution < -0.4 is 11.1 Å². The van der Waals surface area contributed by atoms with Gasteiger partial charge in [-0.1, -0.05) is 30.3 Å². The molecule has 4 rings (SSSR count). The normalized spacial score (nSPS) is 16.5. The zero-order valence-corrected chi connectivity index (χ0v) is 16.9. The number of primary amides is 1. The molecule has 2 heterocycles. The minimum Gasteiger partial charge on any atom is -0.368 e. The van der Waals surface area contributed by atoms with Crippen molar-refractivity contribution in [1.82, 2.24) is 14.7 Å². The van der Waals surface area contributed by atoms with E-state index < -0.39 is 0 Å². The molecule has 30 heavy (non-hydrogen) atoms. The Balaban J connectivity index is 1.47. The van der Waals surface area contributed by atoms with Gasteiger partial charge in [-0.05, 0) is 62.2 Å². The minimum atomic E-state index is -0.277. The van der Waals surface area contributed by atoms with Crippen LogP contribution in [-0.4, -0.2) is 39.1 Å². The smallest absolute Gasteiger partial charge is 0.276 e. The maximum absolute atomic E-state index is 12.7. The predicted octanol–water partition coefficient (Wildman–Crippen LogP) is 2.88. The number of hydrogen-bond donors (Lipinski definition) is 2. The summed E-state index contributed by atoms with van der Waals surface area (Å²) in [5, 5.41) is 7.38. The van der Waals surface area contributed by atoms with Crippen molar-refractivity contribution in [3.05, 3.63) is 77.6 Å². The molecule has 1 fully saturated rings. The highest BCUT2D eigenvalue weighted by Crippen LogP contribution is 2.21. The average Bonchev–Trinajstić information content (AvgIpc) is 3.35. The van der Waals surface area contributed by atoms with Crippen molar-refractivity contribution in [3.8, 4) is 5.69 Å². The minimum absolute atomic E-state index is 0.215. The number of likely N-dealkylation sites (tertiary alicyclic amines) is 1. The van der Waals surface area contributed by atoms with Gasteiger partial charge in [-0.25, -0.2) is 4.68 Å². The fourth-order valence-corrected chi connectivity index (χ4v) is 3.93. The predicted molar refractivity (Wildman–Crippen MR) is 115 cm³/mol. The van der Waals surface area contributed by atoms with Crippen molar-refractivity contribution in [1.29, 1.82) is 0 Å². The molecule has 0 aliphatic carbocycles. The SMILES string of the molecule is Cc1cc(C(=O)Nc2cccc(CN3CCCC3C(N)=O)c2)nn1-c1ccccc1. The van der Waals surface area contributed by atoms with Crippen LogP contribution in [0.2, 0.25) is 0 Å². The van der Waals surface area contributed by atoms with Crippen LogP contribution >= 0.6 is 0 Å². The molecule has 1 unspecified atom stereocenters. The highest BCUT2D eigenvalue weighted by molar-refractivity contribution is 6.03. The Labute approximate surface area is 175 Å². The van der Waals surface area contributed by atoms with Crippen molar-refractivity contribution >= 4 is 17.5 Å². The quantitative estimate of drug-likeness (QED) is 0.662. The Hall–Kier alpha value is -3.45. The maximum atomic E-state index is 12.7. The van der Waals surface area contributed by atoms with Crippen molar-refractivity contribution in [2.45, 2.75) is 32.4 Å². The zero-order chi connectivity index (χ0) is 21.1. The molecule has 0 radical (unpaired) electrons. The first-order chi connectivity index (χ1) is 14.5. The number of para-hydroxylation sites is 1. The van der Waals surface area contributed by atoms with Gasteiger partial charge in [0.05, 0.1) is 11.7 Å². The first-order valence-electron chi connectivity index (χ1n) is 10.1. The van der Waals surface area contributed by atoms with Crippen molar-refractivity contribution < 1.29 is 9.59 Å². The third kappa shape index (κ3) is 4.26. The molecule has 1 aromatic heterocycles. The Morgan fingerprint density at radius 3 is 2.70 bits per heavy atom. The lowest BCUT2D eigenvalue weighted by Gasteiger charge is -2.22. The second-order valence-electron chi connectivity index (χ2n) is 7.60. The lowest BCUT2D eigenvalue weighted by atomic mass is 10.1. The molecular formula is C23H25N5O2. The number of carbonyl (C=O) groups excluding carboxylic acids is 2. The van der Waals surface area contributed by atoms with Crippen LogP contribution in [0, 0.1) is 6.92 Å². The number of rotatable bonds is 6. The van der Waals surface area contributed by atoms with E-state index >= 15 is 0 Å². The first kappa shape index (κ1) is 19.8. The molecule has 1 atom stereocenters. The van der Waals surface area contributed by atoms with E-state index in [0.717, 1.165) is 36.3 Å². The molecule has 0 spiro atoms. The molecule has 7 heteroatoms. The van der Waals surface area contributed by atoms with Crippen LogP contribution in [0.1, 0.15) is 34.6 Å². The maximum Gasteiger partial charge on any atom is 0.276 e. The van der Waals surface area contributed by atoms with E-state index in [1.807, 2.05) is 61.5 Å². The summed E-state index contributed by atoms with van der Waals surface area (Å²) >= 11 is 0. The third-order valence-electron chi connectivity index (χ3n) is 5.38. The van der Waals surface area contributed by atoms with Gasteiger partial charge in [-0.3, -0.25) is 14.5 Å². The number of benzene rings is 2. The Morgan fingerprint density at radius 2 is 1.93 bits per heavy atom. The number of aromatic nitrogens is 2. The summed E-state index contributed by atoms with van der Waals surface area (Å²) in [7, 11) is 0. The van der Waals surface area contributed by atoms with Crippen LogP contribution in [0.4, 0.5) is 5.69 Å². The second-order valence-corrected chi connectivity index (χ2v) is 7.60. The summed E-state index contributed by atoms with van der Waals surface area (Å²) in [4.78, 5) is 26.5. The molecule has 2 amide bonds. The van der Waals surface area contributed by atoms with Crippen molar-refractivity contribution in [2.24, 2.45) is 5.73 Å². The monoisotopic (exact) mass is 403 g/mol. The number of nitrogens with two attached hydrogens (primary N) is 1. The highest BCUT2D eigenvalue weighted by atomic mass is 16.2. The topological polar surface area (TPSA) is 93.2 Å². The van der Waals surface area contributed by atoms with Crippen LogP contribution in [-0.2, 0) is 11.3 Å². The van der Waals surface area contributed by atoms with E-state index in [2.05, 4.69) is 15.3 Å². The number of anilines is 1. The van der Waals surface area contributed by atoms with E-state index in [0.29, 0.717) is 17.9 Å². The Bertz CT molecular complexity index is 1060. The third-order valence-corrected chi connectivity index (χ3v) is 5.38. The number of aryl methyl sites for hydroxylation is 1. The molecule has 3 N–H and O–H groups in total. The van der Waals surface area contributed by atoms with Crippen LogP contribution in [0.5, 0.6) is 0 Å². The van der Waals surface area contributed by atoms with Crippen LogP contribution in [0.3, 0.4) is 0 Å². The van der Waals surface area contributed by atoms with E-state index in [1.54, 1.807) is 10.7 Å². The Kier molecular flexibility index (Phi) is 5.63. The van der Waals surface area contributed by atoms with Gasteiger partial charge in [0.25, 0.3) is 5.91 Å². The standard InChI is InChI=1S/C23H25N5O2/c1-16-13-20(26-28(16)19-9-3-2-4-10-19)23(30)25-18-8-5-7-17(14-18)15-27-12-6-11-21(27)22(24)29/h2-5,7-10,13-14,21H,6,11-12,15H2,1H3,(H2,24,29)(H,25,30). The molecule has 0 saturated carbocycles. The van der Waals surface area contributed by atoms with Gasteiger partial charge in [-0.15, -0.1) is 0 Å². The van der Waals surface area contributed by atoms with Gasteiger partial charge in [-0.2, -0.15) is 5.10 Å². The van der Waals surface area contributed by atoms with E-state index in [-0.39, 0.29) is 17.9 Å². The fourth-order valence-electron chi connectivity index (χ4n) is 3.93. The molecule has 2 aromatic carbocycles. The fraction of sp³-hybridized carbons (Fsp3) is 0.261. The summed E-state index contributed by atoms with van der Waals surface area (Å²) in [5.41, 5.74) is 9.37. The summed E-state index contributed by atoms with van der Waals surface area (Å²) < 4.78 is 1.75. The number of nitrogens with zero attached hydrogens (tertiary/aromatic N) is 3. The summed E-state index contributed by atoms with van der Waals surface area (Å²) in [6.07, 6.45) is 1.77. The second kappa shape index (κ2) is 8.51. The number of nitrogens with one attached hydrogen (secondary N) is 1. The van der Waals surface area contributed by atoms with E-state index in [4.69, 9.17) is 5.73 Å². The number of amides is 2. The van der Waals surface area contributed by atoms with Gasteiger partial charge < -0.3 is 11.1 Å². The molecule has 0 bridgehead atoms. The van der Waals surface area contributed by atoms with Gasteiger partial charge in [0.2, 0.25) is 5.91 Å². The van der Waals surface area contributed by atoms with Gasteiger partial charge in [0.1, 0.15) is 0 Å². The summed E-state index contributed by atoms with van der Waals surface area (Å²) in [6.45, 7) is 3.39. The van der Waals surface area contributed by atoms with Crippen LogP contribution in [0.15, 0.2) is 60.7 Å². The summed E-state index contributed by atoms with van der Waals surface area (Å²) in [6, 6.07) is 18.9. The van der Waals surface area contributed by atoms with E-state index in [1.165, 1.54) is 0 Å². The molecular weight excluding hydrogens is 378 g/mol. The lowest BCUT2D eigenvalue weighted by Crippen LogP contribution is -2.39. The molecule has 1 saturated heterocycles. The largest absolute Gasteiger partial charge is 0.368 e. The average molecular weight is 403 g/mol. The lowest BCUT2D eigenvalue weighted by molar-refractivity contribution is -0.122. The van der Waals surface area contributed by atoms with Crippen molar-refractivity contribution in [2.75, 3.05) is 11.9 Å². The summed E-state index contributed by atoms with van der Waals surface area (Å²) in [5.74, 6) is -0.539. The van der Waals surface area contributed by atoms with Crippen LogP contribution in [0.25, 0.3) is 5.69 Å². The highest BCUT2D eigenvalue weighted by Gasteiger charge is 2.28. The molecule has 1 aliphatic rings. The van der Waals surface area contributed by atoms with E-state index in [9.17, 15) is 9.59 Å². The number of carbonyl (C=O) groups is 2. The molecule has 7 nitrogen and oxygen atoms in total. The zero-order valence-electron chi connectivity index (χ0n) is 16.9. The molecule has 3 aromatic rings. The molecule has 154 valence electrons. The van der Waals surface area contributed by atoms with Crippen molar-refractivity contribution in [3.63, 3.8) is 0 Å². The van der Waals surface area contributed by atoms with Gasteiger partial charge in [0, 0.05) is 17.9 Å². The van der Waals surface area contributed by atoms with Gasteiger partial charge >= 0.3 is 0 Å². The first-order valence-corrected chi connectivity index (χ1v) is 10.1. The Morgan fingerprint density at radius 1 is 1.13 bits per heavy atom. The van der Waals surface area contributed by atoms with Gasteiger partial charge in [0.15, 0.2) is 5.69 Å².